The van der Waals surface area contributed by atoms with E-state index < -0.39 is 12.5 Å². The number of rotatable bonds is 4. The van der Waals surface area contributed by atoms with Crippen LogP contribution in [0.5, 0.6) is 0 Å². The van der Waals surface area contributed by atoms with Gasteiger partial charge in [-0.25, -0.2) is 8.78 Å². The molecule has 0 N–H and O–H groups in total. The minimum Gasteiger partial charge on any atom is -0.376 e. The summed E-state index contributed by atoms with van der Waals surface area (Å²) in [7, 11) is 1.47. The van der Waals surface area contributed by atoms with Gasteiger partial charge >= 0.3 is 0 Å². The molecule has 1 atom stereocenters. The fourth-order valence-corrected chi connectivity index (χ4v) is 2.81. The second kappa shape index (κ2) is 4.89. The molecule has 0 saturated heterocycles. The quantitative estimate of drug-likeness (QED) is 0.779. The van der Waals surface area contributed by atoms with E-state index in [1.165, 1.54) is 18.4 Å². The second-order valence-electron chi connectivity index (χ2n) is 3.54. The summed E-state index contributed by atoms with van der Waals surface area (Å²) in [6.07, 6.45) is -3.09. The average Bonchev–Trinajstić information content (AvgIpc) is 2.68. The number of fused-ring (bicyclic) bond motifs is 1. The van der Waals surface area contributed by atoms with Crippen LogP contribution >= 0.6 is 11.3 Å². The standard InChI is InChI=1S/C12H12F2OS/c1-15-9(7-12(13)14)11-6-8-4-2-3-5-10(8)16-11/h2-6,9,12H,7H2,1H3. The first kappa shape index (κ1) is 11.5. The van der Waals surface area contributed by atoms with E-state index in [4.69, 9.17) is 4.74 Å². The summed E-state index contributed by atoms with van der Waals surface area (Å²) < 4.78 is 30.9. The van der Waals surface area contributed by atoms with Crippen LogP contribution in [0.1, 0.15) is 17.4 Å². The number of halogens is 2. The second-order valence-corrected chi connectivity index (χ2v) is 4.65. The molecule has 0 fully saturated rings. The summed E-state index contributed by atoms with van der Waals surface area (Å²) >= 11 is 1.51. The van der Waals surface area contributed by atoms with Crippen LogP contribution in [0.2, 0.25) is 0 Å². The summed E-state index contributed by atoms with van der Waals surface area (Å²) in [5.74, 6) is 0. The zero-order valence-corrected chi connectivity index (χ0v) is 9.64. The van der Waals surface area contributed by atoms with Gasteiger partial charge in [0, 0.05) is 23.1 Å². The number of thiophene rings is 1. The monoisotopic (exact) mass is 242 g/mol. The van der Waals surface area contributed by atoms with E-state index in [0.29, 0.717) is 0 Å². The fraction of sp³-hybridized carbons (Fsp3) is 0.333. The minimum absolute atomic E-state index is 0.247. The molecule has 0 amide bonds. The Bertz CT molecular complexity index is 434. The maximum absolute atomic E-state index is 12.3. The number of hydrogen-bond acceptors (Lipinski definition) is 2. The van der Waals surface area contributed by atoms with Crippen LogP contribution in [0.25, 0.3) is 10.1 Å². The number of ether oxygens (including phenoxy) is 1. The Labute approximate surface area is 96.7 Å². The van der Waals surface area contributed by atoms with Gasteiger partial charge in [-0.05, 0) is 17.5 Å². The lowest BCUT2D eigenvalue weighted by atomic mass is 10.2. The molecule has 2 aromatic rings. The van der Waals surface area contributed by atoms with Crippen LogP contribution in [0, 0.1) is 0 Å². The number of hydrogen-bond donors (Lipinski definition) is 0. The maximum Gasteiger partial charge on any atom is 0.241 e. The molecule has 0 aliphatic carbocycles. The highest BCUT2D eigenvalue weighted by Crippen LogP contribution is 2.33. The van der Waals surface area contributed by atoms with E-state index >= 15 is 0 Å². The van der Waals surface area contributed by atoms with Gasteiger partial charge < -0.3 is 4.74 Å². The molecule has 4 heteroatoms. The van der Waals surface area contributed by atoms with E-state index in [1.54, 1.807) is 0 Å². The van der Waals surface area contributed by atoms with Gasteiger partial charge in [0.2, 0.25) is 6.43 Å². The van der Waals surface area contributed by atoms with Crippen LogP contribution in [-0.2, 0) is 4.74 Å². The Morgan fingerprint density at radius 1 is 1.31 bits per heavy atom. The summed E-state index contributed by atoms with van der Waals surface area (Å²) in [6.45, 7) is 0. The Hall–Kier alpha value is -1.00. The zero-order valence-electron chi connectivity index (χ0n) is 8.82. The predicted octanol–water partition coefficient (Wildman–Crippen LogP) is 4.24. The molecule has 2 rings (SSSR count). The van der Waals surface area contributed by atoms with Gasteiger partial charge in [-0.2, -0.15) is 0 Å². The van der Waals surface area contributed by atoms with Gasteiger partial charge in [-0.1, -0.05) is 18.2 Å². The van der Waals surface area contributed by atoms with E-state index in [0.717, 1.165) is 15.0 Å². The summed E-state index contributed by atoms with van der Waals surface area (Å²) in [6, 6.07) is 9.77. The van der Waals surface area contributed by atoms with Crippen LogP contribution in [0.4, 0.5) is 8.78 Å². The van der Waals surface area contributed by atoms with E-state index in [9.17, 15) is 8.78 Å². The number of methoxy groups -OCH3 is 1. The van der Waals surface area contributed by atoms with Gasteiger partial charge in [0.05, 0.1) is 6.10 Å². The third kappa shape index (κ3) is 2.39. The van der Waals surface area contributed by atoms with Gasteiger partial charge in [0.15, 0.2) is 0 Å². The molecule has 0 bridgehead atoms. The molecule has 0 aliphatic heterocycles. The Morgan fingerprint density at radius 3 is 2.69 bits per heavy atom. The van der Waals surface area contributed by atoms with Crippen molar-refractivity contribution in [2.45, 2.75) is 19.0 Å². The van der Waals surface area contributed by atoms with E-state index in [-0.39, 0.29) is 6.42 Å². The summed E-state index contributed by atoms with van der Waals surface area (Å²) in [5.41, 5.74) is 0. The normalized spacial score (nSPS) is 13.5. The Balaban J connectivity index is 2.30. The Morgan fingerprint density at radius 2 is 2.06 bits per heavy atom. The van der Waals surface area contributed by atoms with Gasteiger partial charge in [-0.15, -0.1) is 11.3 Å². The molecule has 16 heavy (non-hydrogen) atoms. The smallest absolute Gasteiger partial charge is 0.241 e. The third-order valence-corrected chi connectivity index (χ3v) is 3.65. The molecule has 1 aromatic heterocycles. The van der Waals surface area contributed by atoms with Crippen LogP contribution in [0.15, 0.2) is 30.3 Å². The van der Waals surface area contributed by atoms with Crippen LogP contribution in [-0.4, -0.2) is 13.5 Å². The van der Waals surface area contributed by atoms with Gasteiger partial charge in [-0.3, -0.25) is 0 Å². The van der Waals surface area contributed by atoms with Crippen LogP contribution in [0.3, 0.4) is 0 Å². The lowest BCUT2D eigenvalue weighted by Gasteiger charge is -2.12. The van der Waals surface area contributed by atoms with Gasteiger partial charge in [0.1, 0.15) is 0 Å². The molecule has 1 nitrogen and oxygen atoms in total. The molecule has 0 radical (unpaired) electrons. The van der Waals surface area contributed by atoms with E-state index in [1.807, 2.05) is 30.3 Å². The molecule has 86 valence electrons. The Kier molecular flexibility index (Phi) is 3.51. The average molecular weight is 242 g/mol. The highest BCUT2D eigenvalue weighted by atomic mass is 32.1. The minimum atomic E-state index is -2.34. The summed E-state index contributed by atoms with van der Waals surface area (Å²) in [4.78, 5) is 0.865. The lowest BCUT2D eigenvalue weighted by molar-refractivity contribution is 0.0324. The van der Waals surface area contributed by atoms with Crippen molar-refractivity contribution in [1.29, 1.82) is 0 Å². The largest absolute Gasteiger partial charge is 0.376 e. The maximum atomic E-state index is 12.3. The number of benzene rings is 1. The van der Waals surface area contributed by atoms with Crippen LogP contribution < -0.4 is 0 Å². The van der Waals surface area contributed by atoms with Crippen molar-refractivity contribution in [3.05, 3.63) is 35.2 Å². The first-order valence-corrected chi connectivity index (χ1v) is 5.82. The highest BCUT2D eigenvalue weighted by molar-refractivity contribution is 7.19. The molecular formula is C12H12F2OS. The van der Waals surface area contributed by atoms with Crippen molar-refractivity contribution in [3.8, 4) is 0 Å². The highest BCUT2D eigenvalue weighted by Gasteiger charge is 2.18. The molecular weight excluding hydrogens is 230 g/mol. The number of alkyl halides is 2. The zero-order chi connectivity index (χ0) is 11.5. The third-order valence-electron chi connectivity index (χ3n) is 2.44. The van der Waals surface area contributed by atoms with Crippen molar-refractivity contribution in [2.75, 3.05) is 7.11 Å². The molecule has 1 aromatic carbocycles. The first-order valence-electron chi connectivity index (χ1n) is 5.00. The topological polar surface area (TPSA) is 9.23 Å². The predicted molar refractivity (Wildman–Crippen MR) is 62.2 cm³/mol. The van der Waals surface area contributed by atoms with Crippen molar-refractivity contribution < 1.29 is 13.5 Å². The van der Waals surface area contributed by atoms with E-state index in [2.05, 4.69) is 0 Å². The molecule has 1 heterocycles. The molecule has 0 saturated carbocycles. The first-order chi connectivity index (χ1) is 7.70. The summed E-state index contributed by atoms with van der Waals surface area (Å²) in [5, 5.41) is 1.08. The lowest BCUT2D eigenvalue weighted by Crippen LogP contribution is -2.04. The molecule has 0 spiro atoms. The van der Waals surface area contributed by atoms with Crippen molar-refractivity contribution in [2.24, 2.45) is 0 Å². The SMILES string of the molecule is COC(CC(F)F)c1cc2ccccc2s1. The van der Waals surface area contributed by atoms with Gasteiger partial charge in [0.25, 0.3) is 0 Å². The fourth-order valence-electron chi connectivity index (χ4n) is 1.65. The molecule has 0 aliphatic rings. The van der Waals surface area contributed by atoms with Crippen molar-refractivity contribution >= 4 is 21.4 Å². The molecule has 1 unspecified atom stereocenters. The van der Waals surface area contributed by atoms with Crippen molar-refractivity contribution in [3.63, 3.8) is 0 Å². The van der Waals surface area contributed by atoms with Crippen molar-refractivity contribution in [1.82, 2.24) is 0 Å².